The van der Waals surface area contributed by atoms with Crippen LogP contribution in [0.3, 0.4) is 0 Å². The van der Waals surface area contributed by atoms with Crippen LogP contribution >= 0.6 is 11.3 Å². The van der Waals surface area contributed by atoms with E-state index in [-0.39, 0.29) is 29.0 Å². The molecule has 4 bridgehead atoms. The zero-order chi connectivity index (χ0) is 25.0. The molecular weight excluding hydrogens is 478 g/mol. The van der Waals surface area contributed by atoms with Crippen LogP contribution in [0.15, 0.2) is 34.4 Å². The van der Waals surface area contributed by atoms with Gasteiger partial charge in [0.15, 0.2) is 5.69 Å². The molecule has 7 rings (SSSR count). The lowest BCUT2D eigenvalue weighted by Crippen LogP contribution is -2.51. The van der Waals surface area contributed by atoms with E-state index in [0.29, 0.717) is 39.6 Å². The fourth-order valence-corrected chi connectivity index (χ4v) is 7.95. The van der Waals surface area contributed by atoms with E-state index in [1.54, 1.807) is 43.7 Å². The fourth-order valence-electron chi connectivity index (χ4n) is 7.01. The molecule has 9 heteroatoms. The Balaban J connectivity index is 1.43. The van der Waals surface area contributed by atoms with Gasteiger partial charge in [0.25, 0.3) is 5.56 Å². The first kappa shape index (κ1) is 23.2. The smallest absolute Gasteiger partial charge is 0.359 e. The minimum atomic E-state index is -0.610. The summed E-state index contributed by atoms with van der Waals surface area (Å²) in [6.45, 7) is 1.91. The number of anilines is 1. The normalized spacial score (nSPS) is 26.2. The number of hydrogen-bond acceptors (Lipinski definition) is 7. The Morgan fingerprint density at radius 1 is 1.11 bits per heavy atom. The van der Waals surface area contributed by atoms with Crippen LogP contribution in [-0.2, 0) is 9.53 Å². The molecule has 0 spiro atoms. The first-order chi connectivity index (χ1) is 17.4. The number of hydrogen-bond donors (Lipinski definition) is 1. The molecule has 0 atom stereocenters. The van der Waals surface area contributed by atoms with Gasteiger partial charge in [-0.2, -0.15) is 9.78 Å². The molecule has 2 heterocycles. The van der Waals surface area contributed by atoms with Crippen molar-refractivity contribution in [3.8, 4) is 11.4 Å². The Kier molecular flexibility index (Phi) is 5.63. The number of methoxy groups -OCH3 is 1. The number of carbonyl (C=O) groups is 2. The van der Waals surface area contributed by atoms with Crippen molar-refractivity contribution in [2.75, 3.05) is 19.0 Å². The third-order valence-electron chi connectivity index (χ3n) is 8.19. The molecule has 0 unspecified atom stereocenters. The molecule has 4 aliphatic rings. The van der Waals surface area contributed by atoms with Crippen LogP contribution in [0.4, 0.5) is 5.00 Å². The Labute approximate surface area is 212 Å². The molecule has 0 aliphatic heterocycles. The first-order valence-corrected chi connectivity index (χ1v) is 13.5. The number of rotatable bonds is 6. The van der Waals surface area contributed by atoms with E-state index in [2.05, 4.69) is 10.4 Å². The molecule has 36 heavy (non-hydrogen) atoms. The van der Waals surface area contributed by atoms with E-state index in [9.17, 15) is 14.4 Å². The van der Waals surface area contributed by atoms with Crippen molar-refractivity contribution in [2.45, 2.75) is 45.4 Å². The van der Waals surface area contributed by atoms with E-state index in [0.717, 1.165) is 19.3 Å². The molecule has 4 fully saturated rings. The summed E-state index contributed by atoms with van der Waals surface area (Å²) in [4.78, 5) is 40.2. The number of ether oxygens (including phenoxy) is 2. The topological polar surface area (TPSA) is 99.5 Å². The van der Waals surface area contributed by atoms with Crippen LogP contribution in [0.5, 0.6) is 5.75 Å². The highest BCUT2D eigenvalue weighted by atomic mass is 32.1. The van der Waals surface area contributed by atoms with Crippen molar-refractivity contribution in [1.82, 2.24) is 9.78 Å². The molecule has 0 radical (unpaired) electrons. The largest absolute Gasteiger partial charge is 0.497 e. The lowest BCUT2D eigenvalue weighted by atomic mass is 9.49. The van der Waals surface area contributed by atoms with Crippen molar-refractivity contribution < 1.29 is 19.1 Å². The molecule has 3 aromatic rings. The summed E-state index contributed by atoms with van der Waals surface area (Å²) >= 11 is 1.26. The Bertz CT molecular complexity index is 1370. The van der Waals surface area contributed by atoms with Crippen molar-refractivity contribution in [3.05, 3.63) is 45.7 Å². The van der Waals surface area contributed by atoms with Gasteiger partial charge in [-0.05, 0) is 87.5 Å². The average molecular weight is 508 g/mol. The molecule has 1 amide bonds. The second-order valence-corrected chi connectivity index (χ2v) is 11.4. The summed E-state index contributed by atoms with van der Waals surface area (Å²) in [5.41, 5.74) is -0.214. The van der Waals surface area contributed by atoms with Gasteiger partial charge >= 0.3 is 5.97 Å². The molecule has 1 N–H and O–H groups in total. The fraction of sp³-hybridized carbons (Fsp3) is 0.481. The second-order valence-electron chi connectivity index (χ2n) is 10.5. The van der Waals surface area contributed by atoms with E-state index in [1.807, 2.05) is 0 Å². The minimum absolute atomic E-state index is 0.00949. The van der Waals surface area contributed by atoms with E-state index >= 15 is 0 Å². The summed E-state index contributed by atoms with van der Waals surface area (Å²) in [5.74, 6) is 1.94. The number of nitrogens with one attached hydrogen (secondary N) is 1. The van der Waals surface area contributed by atoms with E-state index < -0.39 is 11.5 Å². The molecule has 8 nitrogen and oxygen atoms in total. The highest BCUT2D eigenvalue weighted by molar-refractivity contribution is 7.16. The first-order valence-electron chi connectivity index (χ1n) is 12.6. The van der Waals surface area contributed by atoms with E-state index in [1.165, 1.54) is 35.3 Å². The van der Waals surface area contributed by atoms with Crippen molar-refractivity contribution in [3.63, 3.8) is 0 Å². The van der Waals surface area contributed by atoms with Crippen LogP contribution in [0.1, 0.15) is 55.9 Å². The number of nitrogens with zero attached hydrogens (tertiary/aromatic N) is 2. The summed E-state index contributed by atoms with van der Waals surface area (Å²) in [5, 5.41) is 10.4. The predicted molar refractivity (Wildman–Crippen MR) is 137 cm³/mol. The molecule has 4 aliphatic carbocycles. The molecule has 4 saturated carbocycles. The minimum Gasteiger partial charge on any atom is -0.497 e. The molecule has 188 valence electrons. The number of esters is 1. The van der Waals surface area contributed by atoms with Crippen molar-refractivity contribution in [1.29, 1.82) is 0 Å². The van der Waals surface area contributed by atoms with Gasteiger partial charge in [-0.25, -0.2) is 4.79 Å². The monoisotopic (exact) mass is 507 g/mol. The van der Waals surface area contributed by atoms with Crippen LogP contribution < -0.4 is 15.6 Å². The maximum atomic E-state index is 13.7. The predicted octanol–water partition coefficient (Wildman–Crippen LogP) is 4.79. The zero-order valence-corrected chi connectivity index (χ0v) is 21.2. The van der Waals surface area contributed by atoms with Crippen molar-refractivity contribution in [2.24, 2.45) is 23.2 Å². The zero-order valence-electron chi connectivity index (χ0n) is 20.4. The third-order valence-corrected chi connectivity index (χ3v) is 9.08. The Hall–Kier alpha value is -3.20. The number of amides is 1. The Morgan fingerprint density at radius 2 is 1.75 bits per heavy atom. The Morgan fingerprint density at radius 3 is 2.33 bits per heavy atom. The number of benzene rings is 1. The summed E-state index contributed by atoms with van der Waals surface area (Å²) in [6.07, 6.45) is 6.53. The standard InChI is InChI=1S/C27H29N3O5S/c1-3-35-25(32)22-20-14-36-23(21(20)24(31)30(29-22)18-4-6-19(34-2)7-5-18)28-26(33)27-11-15-8-16(12-27)10-17(9-15)13-27/h4-7,14-17H,3,8-13H2,1-2H3,(H,28,33). The van der Waals surface area contributed by atoms with Crippen LogP contribution in [0.2, 0.25) is 0 Å². The lowest BCUT2D eigenvalue weighted by Gasteiger charge is -2.55. The van der Waals surface area contributed by atoms with Gasteiger partial charge in [-0.15, -0.1) is 11.3 Å². The van der Waals surface area contributed by atoms with E-state index in [4.69, 9.17) is 9.47 Å². The van der Waals surface area contributed by atoms with Gasteiger partial charge < -0.3 is 14.8 Å². The number of carbonyl (C=O) groups excluding carboxylic acids is 2. The second kappa shape index (κ2) is 8.73. The van der Waals surface area contributed by atoms with Gasteiger partial charge in [0.2, 0.25) is 5.91 Å². The SMILES string of the molecule is CCOC(=O)c1nn(-c2ccc(OC)cc2)c(=O)c2c(NC(=O)C34CC5CC(CC(C5)C3)C4)scc12. The third kappa shape index (κ3) is 3.72. The number of aromatic nitrogens is 2. The highest BCUT2D eigenvalue weighted by Gasteiger charge is 2.54. The summed E-state index contributed by atoms with van der Waals surface area (Å²) in [7, 11) is 1.56. The quantitative estimate of drug-likeness (QED) is 0.482. The van der Waals surface area contributed by atoms with Gasteiger partial charge in [0, 0.05) is 10.8 Å². The van der Waals surface area contributed by atoms with Crippen LogP contribution in [0.25, 0.3) is 16.5 Å². The molecule has 1 aromatic carbocycles. The van der Waals surface area contributed by atoms with Crippen molar-refractivity contribution >= 4 is 39.0 Å². The maximum Gasteiger partial charge on any atom is 0.359 e. The van der Waals surface area contributed by atoms with Crippen LogP contribution in [-0.4, -0.2) is 35.4 Å². The van der Waals surface area contributed by atoms with Crippen LogP contribution in [0, 0.1) is 23.2 Å². The highest BCUT2D eigenvalue weighted by Crippen LogP contribution is 2.60. The lowest BCUT2D eigenvalue weighted by molar-refractivity contribution is -0.140. The molecule has 2 aromatic heterocycles. The van der Waals surface area contributed by atoms with Gasteiger partial charge in [-0.3, -0.25) is 9.59 Å². The average Bonchev–Trinajstić information content (AvgIpc) is 3.28. The summed E-state index contributed by atoms with van der Waals surface area (Å²) < 4.78 is 11.7. The van der Waals surface area contributed by atoms with Gasteiger partial charge in [-0.1, -0.05) is 0 Å². The molecule has 0 saturated heterocycles. The van der Waals surface area contributed by atoms with Gasteiger partial charge in [0.1, 0.15) is 10.8 Å². The molecular formula is C27H29N3O5S. The number of fused-ring (bicyclic) bond motifs is 1. The summed E-state index contributed by atoms with van der Waals surface area (Å²) in [6, 6.07) is 6.85. The number of thiophene rings is 1. The van der Waals surface area contributed by atoms with Gasteiger partial charge in [0.05, 0.1) is 30.2 Å². The maximum absolute atomic E-state index is 13.7.